The van der Waals surface area contributed by atoms with Crippen LogP contribution in [0.25, 0.3) is 0 Å². The molecule has 0 saturated heterocycles. The molecule has 1 aliphatic rings. The first-order valence-corrected chi connectivity index (χ1v) is 4.16. The number of carbonyl (C=O) groups excluding carboxylic acids is 1. The number of nitrogens with one attached hydrogen (secondary N) is 1. The summed E-state index contributed by atoms with van der Waals surface area (Å²) in [4.78, 5) is 26.1. The Balaban J connectivity index is 2.39. The van der Waals surface area contributed by atoms with Crippen LogP contribution in [0.15, 0.2) is 6.20 Å². The average Bonchev–Trinajstić information content (AvgIpc) is 2.48. The smallest absolute Gasteiger partial charge is 0.327 e. The largest absolute Gasteiger partial charge is 0.480 e. The van der Waals surface area contributed by atoms with Crippen molar-refractivity contribution in [3.05, 3.63) is 17.7 Å². The summed E-state index contributed by atoms with van der Waals surface area (Å²) < 4.78 is 1.39. The maximum Gasteiger partial charge on any atom is 0.327 e. The molecule has 1 aliphatic heterocycles. The molecule has 6 heteroatoms. The summed E-state index contributed by atoms with van der Waals surface area (Å²) in [6, 6.07) is -1.26. The molecule has 0 radical (unpaired) electrons. The Kier molecular flexibility index (Phi) is 1.77. The Morgan fingerprint density at radius 2 is 2.50 bits per heavy atom. The zero-order valence-electron chi connectivity index (χ0n) is 7.52. The van der Waals surface area contributed by atoms with Crippen LogP contribution in [0.5, 0.6) is 0 Å². The molecule has 2 N–H and O–H groups in total. The lowest BCUT2D eigenvalue weighted by Gasteiger charge is -2.21. The van der Waals surface area contributed by atoms with E-state index in [1.54, 1.807) is 6.92 Å². The Bertz CT molecular complexity index is 410. The molecule has 1 unspecified atom stereocenters. The van der Waals surface area contributed by atoms with Crippen LogP contribution in [0, 0.1) is 6.92 Å². The maximum absolute atomic E-state index is 11.4. The fourth-order valence-electron chi connectivity index (χ4n) is 1.54. The molecule has 74 valence electrons. The SMILES string of the molecule is Cc1ncc2n1C(=O)NC(C(=O)O)C2. The summed E-state index contributed by atoms with van der Waals surface area (Å²) >= 11 is 0. The quantitative estimate of drug-likeness (QED) is 0.647. The van der Waals surface area contributed by atoms with Crippen molar-refractivity contribution in [3.8, 4) is 0 Å². The van der Waals surface area contributed by atoms with Gasteiger partial charge in [-0.1, -0.05) is 0 Å². The van der Waals surface area contributed by atoms with Gasteiger partial charge in [0.05, 0.1) is 0 Å². The van der Waals surface area contributed by atoms with E-state index < -0.39 is 18.0 Å². The lowest BCUT2D eigenvalue weighted by Crippen LogP contribution is -2.49. The number of carbonyl (C=O) groups is 2. The molecule has 0 fully saturated rings. The highest BCUT2D eigenvalue weighted by molar-refractivity contribution is 5.86. The normalized spacial score (nSPS) is 20.1. The summed E-state index contributed by atoms with van der Waals surface area (Å²) in [7, 11) is 0. The van der Waals surface area contributed by atoms with Crippen LogP contribution < -0.4 is 5.32 Å². The second-order valence-corrected chi connectivity index (χ2v) is 3.18. The standard InChI is InChI=1S/C8H9N3O3/c1-4-9-3-5-2-6(7(12)13)10-8(14)11(4)5/h3,6H,2H2,1H3,(H,10,14)(H,12,13). The minimum atomic E-state index is -1.02. The summed E-state index contributed by atoms with van der Waals surface area (Å²) in [5.74, 6) is -0.454. The van der Waals surface area contributed by atoms with Gasteiger partial charge in [0.15, 0.2) is 0 Å². The number of fused-ring (bicyclic) bond motifs is 1. The van der Waals surface area contributed by atoms with Crippen LogP contribution in [-0.2, 0) is 11.2 Å². The third kappa shape index (κ3) is 1.15. The van der Waals surface area contributed by atoms with Crippen LogP contribution in [0.4, 0.5) is 4.79 Å². The minimum Gasteiger partial charge on any atom is -0.480 e. The molecule has 0 aromatic carbocycles. The maximum atomic E-state index is 11.4. The van der Waals surface area contributed by atoms with Crippen LogP contribution in [-0.4, -0.2) is 32.7 Å². The molecule has 0 saturated carbocycles. The van der Waals surface area contributed by atoms with Crippen molar-refractivity contribution in [2.45, 2.75) is 19.4 Å². The molecule has 0 bridgehead atoms. The number of carboxylic acids is 1. The van der Waals surface area contributed by atoms with Crippen LogP contribution in [0.1, 0.15) is 11.5 Å². The number of imidazole rings is 1. The first kappa shape index (κ1) is 8.74. The van der Waals surface area contributed by atoms with E-state index in [4.69, 9.17) is 5.11 Å². The number of hydrogen-bond acceptors (Lipinski definition) is 3. The van der Waals surface area contributed by atoms with E-state index >= 15 is 0 Å². The highest BCUT2D eigenvalue weighted by atomic mass is 16.4. The first-order valence-electron chi connectivity index (χ1n) is 4.16. The van der Waals surface area contributed by atoms with Crippen molar-refractivity contribution in [1.82, 2.24) is 14.9 Å². The van der Waals surface area contributed by atoms with Crippen LogP contribution in [0.2, 0.25) is 0 Å². The summed E-state index contributed by atoms with van der Waals surface area (Å²) in [5, 5.41) is 11.1. The molecular formula is C8H9N3O3. The number of aliphatic carboxylic acids is 1. The molecule has 1 aromatic rings. The van der Waals surface area contributed by atoms with E-state index in [0.717, 1.165) is 0 Å². The topological polar surface area (TPSA) is 84.2 Å². The van der Waals surface area contributed by atoms with Crippen molar-refractivity contribution in [1.29, 1.82) is 0 Å². The van der Waals surface area contributed by atoms with Gasteiger partial charge in [-0.3, -0.25) is 4.57 Å². The second-order valence-electron chi connectivity index (χ2n) is 3.18. The Morgan fingerprint density at radius 3 is 3.14 bits per heavy atom. The van der Waals surface area contributed by atoms with E-state index in [1.807, 2.05) is 0 Å². The molecule has 2 heterocycles. The Morgan fingerprint density at radius 1 is 1.79 bits per heavy atom. The third-order valence-corrected chi connectivity index (χ3v) is 2.22. The summed E-state index contributed by atoms with van der Waals surface area (Å²) in [5.41, 5.74) is 0.638. The van der Waals surface area contributed by atoms with Gasteiger partial charge in [0.1, 0.15) is 11.9 Å². The van der Waals surface area contributed by atoms with Crippen molar-refractivity contribution in [2.75, 3.05) is 0 Å². The number of carboxylic acid groups (broad SMARTS) is 1. The molecule has 2 rings (SSSR count). The molecule has 0 spiro atoms. The molecule has 1 atom stereocenters. The predicted molar refractivity (Wildman–Crippen MR) is 46.0 cm³/mol. The van der Waals surface area contributed by atoms with Gasteiger partial charge in [-0.25, -0.2) is 14.6 Å². The Hall–Kier alpha value is -1.85. The van der Waals surface area contributed by atoms with Crippen molar-refractivity contribution >= 4 is 12.0 Å². The molecule has 1 amide bonds. The highest BCUT2D eigenvalue weighted by Crippen LogP contribution is 2.12. The lowest BCUT2D eigenvalue weighted by molar-refractivity contribution is -0.139. The summed E-state index contributed by atoms with van der Waals surface area (Å²) in [6.07, 6.45) is 1.81. The third-order valence-electron chi connectivity index (χ3n) is 2.22. The first-order chi connectivity index (χ1) is 6.59. The van der Waals surface area contributed by atoms with Crippen molar-refractivity contribution in [2.24, 2.45) is 0 Å². The van der Waals surface area contributed by atoms with Gasteiger partial charge >= 0.3 is 12.0 Å². The van der Waals surface area contributed by atoms with Crippen LogP contribution in [0.3, 0.4) is 0 Å². The monoisotopic (exact) mass is 195 g/mol. The molecule has 1 aromatic heterocycles. The van der Waals surface area contributed by atoms with Gasteiger partial charge in [0.25, 0.3) is 0 Å². The van der Waals surface area contributed by atoms with Crippen LogP contribution >= 0.6 is 0 Å². The minimum absolute atomic E-state index is 0.280. The lowest BCUT2D eigenvalue weighted by atomic mass is 10.1. The van der Waals surface area contributed by atoms with Gasteiger partial charge in [-0.15, -0.1) is 0 Å². The molecular weight excluding hydrogens is 186 g/mol. The average molecular weight is 195 g/mol. The van der Waals surface area contributed by atoms with E-state index in [0.29, 0.717) is 11.5 Å². The number of rotatable bonds is 1. The molecule has 14 heavy (non-hydrogen) atoms. The fraction of sp³-hybridized carbons (Fsp3) is 0.375. The zero-order valence-corrected chi connectivity index (χ0v) is 7.52. The molecule has 0 aliphatic carbocycles. The van der Waals surface area contributed by atoms with Gasteiger partial charge < -0.3 is 10.4 Å². The fourth-order valence-corrected chi connectivity index (χ4v) is 1.54. The van der Waals surface area contributed by atoms with Gasteiger partial charge in [0, 0.05) is 18.3 Å². The van der Waals surface area contributed by atoms with E-state index in [1.165, 1.54) is 10.8 Å². The molecule has 6 nitrogen and oxygen atoms in total. The van der Waals surface area contributed by atoms with Gasteiger partial charge in [-0.05, 0) is 6.92 Å². The van der Waals surface area contributed by atoms with Crippen molar-refractivity contribution in [3.63, 3.8) is 0 Å². The number of aryl methyl sites for hydroxylation is 1. The number of amides is 1. The van der Waals surface area contributed by atoms with E-state index in [2.05, 4.69) is 10.3 Å². The van der Waals surface area contributed by atoms with Gasteiger partial charge in [-0.2, -0.15) is 0 Å². The van der Waals surface area contributed by atoms with Gasteiger partial charge in [0.2, 0.25) is 0 Å². The zero-order chi connectivity index (χ0) is 10.3. The predicted octanol–water partition coefficient (Wildman–Crippen LogP) is -0.241. The second kappa shape index (κ2) is 2.83. The van der Waals surface area contributed by atoms with E-state index in [-0.39, 0.29) is 6.42 Å². The summed E-state index contributed by atoms with van der Waals surface area (Å²) in [6.45, 7) is 1.70. The highest BCUT2D eigenvalue weighted by Gasteiger charge is 2.29. The Labute approximate surface area is 79.6 Å². The number of aromatic nitrogens is 2. The number of nitrogens with zero attached hydrogens (tertiary/aromatic N) is 2. The number of hydrogen-bond donors (Lipinski definition) is 2. The van der Waals surface area contributed by atoms with Crippen molar-refractivity contribution < 1.29 is 14.7 Å². The van der Waals surface area contributed by atoms with E-state index in [9.17, 15) is 9.59 Å².